The van der Waals surface area contributed by atoms with Crippen molar-refractivity contribution in [2.24, 2.45) is 0 Å². The van der Waals surface area contributed by atoms with E-state index in [-0.39, 0.29) is 29.1 Å². The summed E-state index contributed by atoms with van der Waals surface area (Å²) in [7, 11) is 0. The summed E-state index contributed by atoms with van der Waals surface area (Å²) in [6.07, 6.45) is 1.03. The molecule has 7 heteroatoms. The highest BCUT2D eigenvalue weighted by atomic mass is 32.2. The van der Waals surface area contributed by atoms with E-state index >= 15 is 0 Å². The van der Waals surface area contributed by atoms with Gasteiger partial charge in [-0.25, -0.2) is 4.39 Å². The molecule has 0 aliphatic carbocycles. The molecule has 150 valence electrons. The van der Waals surface area contributed by atoms with Gasteiger partial charge in [0.1, 0.15) is 11.2 Å². The quantitative estimate of drug-likeness (QED) is 0.599. The number of thioether (sulfide) groups is 1. The summed E-state index contributed by atoms with van der Waals surface area (Å²) >= 11 is 1.70. The Morgan fingerprint density at radius 2 is 2.04 bits per heavy atom. The molecule has 1 unspecified atom stereocenters. The predicted octanol–water partition coefficient (Wildman–Crippen LogP) is 3.45. The van der Waals surface area contributed by atoms with Gasteiger partial charge in [0.05, 0.1) is 13.2 Å². The van der Waals surface area contributed by atoms with Crippen LogP contribution in [0.15, 0.2) is 24.3 Å². The monoisotopic (exact) mass is 396 g/mol. The number of nitrogens with zero attached hydrogens (tertiary/aromatic N) is 2. The summed E-state index contributed by atoms with van der Waals surface area (Å²) in [6, 6.07) is 6.58. The van der Waals surface area contributed by atoms with Crippen molar-refractivity contribution < 1.29 is 18.7 Å². The number of esters is 1. The Morgan fingerprint density at radius 1 is 1.33 bits per heavy atom. The second kappa shape index (κ2) is 10.7. The van der Waals surface area contributed by atoms with Crippen LogP contribution in [0.3, 0.4) is 0 Å². The van der Waals surface area contributed by atoms with Gasteiger partial charge in [0.15, 0.2) is 0 Å². The Labute approximate surface area is 165 Å². The van der Waals surface area contributed by atoms with Crippen LogP contribution in [0.25, 0.3) is 0 Å². The lowest BCUT2D eigenvalue weighted by Crippen LogP contribution is -2.43. The van der Waals surface area contributed by atoms with Gasteiger partial charge in [-0.3, -0.25) is 14.5 Å². The third-order valence-electron chi connectivity index (χ3n) is 4.57. The molecule has 1 heterocycles. The van der Waals surface area contributed by atoms with Gasteiger partial charge in [0, 0.05) is 24.8 Å². The van der Waals surface area contributed by atoms with E-state index in [9.17, 15) is 14.0 Å². The molecule has 1 aromatic carbocycles. The highest BCUT2D eigenvalue weighted by Gasteiger charge is 2.31. The predicted molar refractivity (Wildman–Crippen MR) is 106 cm³/mol. The molecule has 1 saturated heterocycles. The molecule has 0 saturated carbocycles. The Morgan fingerprint density at radius 3 is 2.67 bits per heavy atom. The van der Waals surface area contributed by atoms with Gasteiger partial charge in [0.2, 0.25) is 5.91 Å². The van der Waals surface area contributed by atoms with Crippen LogP contribution in [-0.2, 0) is 14.3 Å². The average Bonchev–Trinajstić information content (AvgIpc) is 3.11. The third-order valence-corrected chi connectivity index (χ3v) is 5.83. The number of benzene rings is 1. The zero-order valence-electron chi connectivity index (χ0n) is 16.3. The van der Waals surface area contributed by atoms with Gasteiger partial charge in [0.25, 0.3) is 0 Å². The smallest absolute Gasteiger partial charge is 0.305 e. The molecule has 1 aliphatic heterocycles. The van der Waals surface area contributed by atoms with Crippen molar-refractivity contribution in [2.45, 2.75) is 45.0 Å². The van der Waals surface area contributed by atoms with Crippen LogP contribution in [0.5, 0.6) is 0 Å². The molecule has 27 heavy (non-hydrogen) atoms. The molecular formula is C20H29FN2O3S. The maximum Gasteiger partial charge on any atom is 0.305 e. The van der Waals surface area contributed by atoms with E-state index in [1.165, 1.54) is 12.1 Å². The van der Waals surface area contributed by atoms with Gasteiger partial charge >= 0.3 is 5.97 Å². The first-order valence-corrected chi connectivity index (χ1v) is 10.5. The summed E-state index contributed by atoms with van der Waals surface area (Å²) in [5.74, 6) is 0.476. The van der Waals surface area contributed by atoms with E-state index in [0.29, 0.717) is 39.1 Å². The number of carbonyl (C=O) groups excluding carboxylic acids is 2. The van der Waals surface area contributed by atoms with E-state index in [1.807, 2.05) is 18.7 Å². The van der Waals surface area contributed by atoms with Crippen LogP contribution in [0.4, 0.5) is 4.39 Å². The van der Waals surface area contributed by atoms with Crippen molar-refractivity contribution in [3.8, 4) is 0 Å². The number of amides is 1. The molecule has 0 radical (unpaired) electrons. The number of hydrogen-bond donors (Lipinski definition) is 0. The normalized spacial score (nSPS) is 17.0. The summed E-state index contributed by atoms with van der Waals surface area (Å²) in [6.45, 7) is 7.97. The molecule has 1 aliphatic rings. The highest BCUT2D eigenvalue weighted by molar-refractivity contribution is 7.99. The van der Waals surface area contributed by atoms with Crippen LogP contribution in [0.1, 0.15) is 44.6 Å². The standard InChI is InChI=1S/C20H29FN2O3S/c1-4-26-19(25)6-5-11-22(15(2)3)14-18(24)23-12-13-27-20(23)16-7-9-17(21)10-8-16/h7-10,15,20H,4-6,11-14H2,1-3H3. The Kier molecular flexibility index (Phi) is 8.57. The minimum Gasteiger partial charge on any atom is -0.466 e. The minimum atomic E-state index is -0.271. The topological polar surface area (TPSA) is 49.9 Å². The van der Waals surface area contributed by atoms with Crippen LogP contribution < -0.4 is 0 Å². The van der Waals surface area contributed by atoms with Gasteiger partial charge in [-0.1, -0.05) is 12.1 Å². The van der Waals surface area contributed by atoms with Crippen molar-refractivity contribution in [3.63, 3.8) is 0 Å². The second-order valence-electron chi connectivity index (χ2n) is 6.83. The number of ether oxygens (including phenoxy) is 1. The van der Waals surface area contributed by atoms with Crippen LogP contribution >= 0.6 is 11.8 Å². The van der Waals surface area contributed by atoms with E-state index in [2.05, 4.69) is 4.90 Å². The fourth-order valence-corrected chi connectivity index (χ4v) is 4.35. The SMILES string of the molecule is CCOC(=O)CCCN(CC(=O)N1CCSC1c1ccc(F)cc1)C(C)C. The lowest BCUT2D eigenvalue weighted by Gasteiger charge is -2.30. The second-order valence-corrected chi connectivity index (χ2v) is 8.02. The summed E-state index contributed by atoms with van der Waals surface area (Å²) in [5, 5.41) is -0.0633. The Bertz CT molecular complexity index is 624. The van der Waals surface area contributed by atoms with Crippen LogP contribution in [0.2, 0.25) is 0 Å². The summed E-state index contributed by atoms with van der Waals surface area (Å²) in [4.78, 5) is 28.4. The van der Waals surface area contributed by atoms with E-state index in [0.717, 1.165) is 11.3 Å². The Balaban J connectivity index is 1.93. The summed E-state index contributed by atoms with van der Waals surface area (Å²) < 4.78 is 18.1. The fourth-order valence-electron chi connectivity index (χ4n) is 3.07. The highest BCUT2D eigenvalue weighted by Crippen LogP contribution is 2.37. The van der Waals surface area contributed by atoms with E-state index in [1.54, 1.807) is 30.8 Å². The van der Waals surface area contributed by atoms with Crippen molar-refractivity contribution in [1.29, 1.82) is 0 Å². The lowest BCUT2D eigenvalue weighted by atomic mass is 10.2. The zero-order valence-corrected chi connectivity index (χ0v) is 17.1. The molecular weight excluding hydrogens is 367 g/mol. The molecule has 1 fully saturated rings. The molecule has 0 spiro atoms. The largest absolute Gasteiger partial charge is 0.466 e. The van der Waals surface area contributed by atoms with Gasteiger partial charge in [-0.2, -0.15) is 0 Å². The number of carbonyl (C=O) groups is 2. The minimum absolute atomic E-state index is 0.0633. The molecule has 2 rings (SSSR count). The van der Waals surface area contributed by atoms with E-state index < -0.39 is 0 Å². The van der Waals surface area contributed by atoms with Gasteiger partial charge in [-0.05, 0) is 51.4 Å². The molecule has 1 atom stereocenters. The fraction of sp³-hybridized carbons (Fsp3) is 0.600. The summed E-state index contributed by atoms with van der Waals surface area (Å²) in [5.41, 5.74) is 0.950. The van der Waals surface area contributed by atoms with Crippen molar-refractivity contribution in [3.05, 3.63) is 35.6 Å². The molecule has 0 N–H and O–H groups in total. The molecule has 0 bridgehead atoms. The van der Waals surface area contributed by atoms with Gasteiger partial charge < -0.3 is 9.64 Å². The van der Waals surface area contributed by atoms with Crippen molar-refractivity contribution in [2.75, 3.05) is 32.0 Å². The maximum absolute atomic E-state index is 13.2. The zero-order chi connectivity index (χ0) is 19.8. The van der Waals surface area contributed by atoms with Crippen LogP contribution in [0, 0.1) is 5.82 Å². The van der Waals surface area contributed by atoms with E-state index in [4.69, 9.17) is 4.74 Å². The number of halogens is 1. The van der Waals surface area contributed by atoms with Crippen LogP contribution in [-0.4, -0.2) is 59.7 Å². The first-order valence-electron chi connectivity index (χ1n) is 9.48. The lowest BCUT2D eigenvalue weighted by molar-refractivity contribution is -0.143. The number of rotatable bonds is 9. The maximum atomic E-state index is 13.2. The molecule has 5 nitrogen and oxygen atoms in total. The molecule has 1 aromatic rings. The third kappa shape index (κ3) is 6.50. The van der Waals surface area contributed by atoms with Crippen molar-refractivity contribution >= 4 is 23.6 Å². The Hall–Kier alpha value is -1.60. The molecule has 0 aromatic heterocycles. The molecule has 1 amide bonds. The van der Waals surface area contributed by atoms with Gasteiger partial charge in [-0.15, -0.1) is 11.8 Å². The average molecular weight is 397 g/mol. The first-order chi connectivity index (χ1) is 12.9. The first kappa shape index (κ1) is 21.7. The number of hydrogen-bond acceptors (Lipinski definition) is 5. The van der Waals surface area contributed by atoms with Crippen molar-refractivity contribution in [1.82, 2.24) is 9.80 Å².